The third-order valence-electron chi connectivity index (χ3n) is 2.65. The molecule has 0 aromatic heterocycles. The molecule has 1 saturated carbocycles. The Kier molecular flexibility index (Phi) is 2.78. The van der Waals surface area contributed by atoms with E-state index in [4.69, 9.17) is 5.11 Å². The Morgan fingerprint density at radius 3 is 2.75 bits per heavy atom. The minimum atomic E-state index is -0.573. The number of hydrogen-bond acceptors (Lipinski definition) is 3. The van der Waals surface area contributed by atoms with E-state index in [9.17, 15) is 14.3 Å². The summed E-state index contributed by atoms with van der Waals surface area (Å²) in [5, 5.41) is 21.0. The van der Waals surface area contributed by atoms with Gasteiger partial charge < -0.3 is 15.5 Å². The van der Waals surface area contributed by atoms with Crippen molar-refractivity contribution in [3.05, 3.63) is 29.6 Å². The van der Waals surface area contributed by atoms with E-state index >= 15 is 0 Å². The number of amides is 1. The van der Waals surface area contributed by atoms with Crippen LogP contribution in [0.1, 0.15) is 23.2 Å². The van der Waals surface area contributed by atoms with Crippen molar-refractivity contribution in [2.24, 2.45) is 0 Å². The lowest BCUT2D eigenvalue weighted by molar-refractivity contribution is 0.0561. The van der Waals surface area contributed by atoms with Crippen molar-refractivity contribution in [3.63, 3.8) is 0 Å². The molecule has 0 radical (unpaired) electrons. The highest BCUT2D eigenvalue weighted by molar-refractivity contribution is 5.97. The Bertz CT molecular complexity index is 416. The van der Waals surface area contributed by atoms with Crippen LogP contribution in [-0.2, 0) is 0 Å². The highest BCUT2D eigenvalue weighted by Crippen LogP contribution is 2.22. The van der Waals surface area contributed by atoms with Crippen LogP contribution >= 0.6 is 0 Å². The highest BCUT2D eigenvalue weighted by atomic mass is 19.1. The first-order chi connectivity index (χ1) is 7.56. The SMILES string of the molecule is O=C(NC1CC(O)C1)c1cc(F)ccc1O. The molecule has 1 aromatic rings. The van der Waals surface area contributed by atoms with Crippen molar-refractivity contribution in [1.29, 1.82) is 0 Å². The topological polar surface area (TPSA) is 69.6 Å². The van der Waals surface area contributed by atoms with Crippen LogP contribution in [-0.4, -0.2) is 28.3 Å². The summed E-state index contributed by atoms with van der Waals surface area (Å²) in [5.74, 6) is -1.34. The van der Waals surface area contributed by atoms with Crippen molar-refractivity contribution in [2.45, 2.75) is 25.0 Å². The number of nitrogens with one attached hydrogen (secondary N) is 1. The normalized spacial score (nSPS) is 23.6. The minimum absolute atomic E-state index is 0.0820. The molecule has 0 aliphatic heterocycles. The van der Waals surface area contributed by atoms with E-state index in [1.54, 1.807) is 0 Å². The molecular formula is C11H12FNO3. The standard InChI is InChI=1S/C11H12FNO3/c12-6-1-2-10(15)9(3-6)11(16)13-7-4-8(14)5-7/h1-3,7-8,14-15H,4-5H2,(H,13,16). The number of aliphatic hydroxyl groups is 1. The summed E-state index contributed by atoms with van der Waals surface area (Å²) in [7, 11) is 0. The number of carbonyl (C=O) groups excluding carboxylic acids is 1. The fourth-order valence-electron chi connectivity index (χ4n) is 1.66. The summed E-state index contributed by atoms with van der Waals surface area (Å²) in [4.78, 5) is 11.6. The van der Waals surface area contributed by atoms with E-state index in [-0.39, 0.29) is 23.5 Å². The van der Waals surface area contributed by atoms with Gasteiger partial charge in [0.15, 0.2) is 0 Å². The molecule has 2 rings (SSSR count). The summed E-state index contributed by atoms with van der Waals surface area (Å²) < 4.78 is 12.9. The molecule has 1 aromatic carbocycles. The Labute approximate surface area is 91.7 Å². The first-order valence-electron chi connectivity index (χ1n) is 5.03. The average molecular weight is 225 g/mol. The summed E-state index contributed by atoms with van der Waals surface area (Å²) >= 11 is 0. The Balaban J connectivity index is 2.05. The van der Waals surface area contributed by atoms with Crippen LogP contribution in [0.2, 0.25) is 0 Å². The molecule has 1 amide bonds. The lowest BCUT2D eigenvalue weighted by Gasteiger charge is -2.31. The van der Waals surface area contributed by atoms with Crippen LogP contribution in [0.3, 0.4) is 0 Å². The molecule has 3 N–H and O–H groups in total. The molecule has 5 heteroatoms. The lowest BCUT2D eigenvalue weighted by Crippen LogP contribution is -2.46. The van der Waals surface area contributed by atoms with Gasteiger partial charge in [-0.2, -0.15) is 0 Å². The first-order valence-corrected chi connectivity index (χ1v) is 5.03. The maximum atomic E-state index is 12.9. The lowest BCUT2D eigenvalue weighted by atomic mass is 9.89. The summed E-state index contributed by atoms with van der Waals surface area (Å²) in [6.07, 6.45) is 0.635. The number of aromatic hydroxyl groups is 1. The van der Waals surface area contributed by atoms with E-state index < -0.39 is 11.7 Å². The van der Waals surface area contributed by atoms with E-state index in [1.165, 1.54) is 0 Å². The van der Waals surface area contributed by atoms with Crippen LogP contribution in [0.15, 0.2) is 18.2 Å². The quantitative estimate of drug-likeness (QED) is 0.696. The number of halogens is 1. The van der Waals surface area contributed by atoms with Gasteiger partial charge in [0.25, 0.3) is 5.91 Å². The molecule has 1 aliphatic carbocycles. The van der Waals surface area contributed by atoms with Gasteiger partial charge in [-0.1, -0.05) is 0 Å². The molecule has 0 bridgehead atoms. The molecule has 0 atom stereocenters. The van der Waals surface area contributed by atoms with Crippen LogP contribution in [0, 0.1) is 5.82 Å². The molecule has 0 heterocycles. The Morgan fingerprint density at radius 1 is 1.44 bits per heavy atom. The molecule has 1 aliphatic rings. The van der Waals surface area contributed by atoms with Crippen molar-refractivity contribution in [3.8, 4) is 5.75 Å². The highest BCUT2D eigenvalue weighted by Gasteiger charge is 2.29. The molecule has 0 unspecified atom stereocenters. The molecule has 0 spiro atoms. The summed E-state index contributed by atoms with van der Waals surface area (Å²) in [5.41, 5.74) is -0.0820. The number of aliphatic hydroxyl groups excluding tert-OH is 1. The zero-order valence-electron chi connectivity index (χ0n) is 8.48. The number of phenolic OH excluding ortho intramolecular Hbond substituents is 1. The van der Waals surface area contributed by atoms with Crippen LogP contribution in [0.5, 0.6) is 5.75 Å². The average Bonchev–Trinajstić information content (AvgIpc) is 2.19. The second-order valence-corrected chi connectivity index (χ2v) is 3.96. The minimum Gasteiger partial charge on any atom is -0.507 e. The molecular weight excluding hydrogens is 213 g/mol. The van der Waals surface area contributed by atoms with Gasteiger partial charge in [0.05, 0.1) is 11.7 Å². The van der Waals surface area contributed by atoms with E-state index in [0.717, 1.165) is 18.2 Å². The third kappa shape index (κ3) is 2.14. The van der Waals surface area contributed by atoms with Gasteiger partial charge in [-0.25, -0.2) is 4.39 Å². The second-order valence-electron chi connectivity index (χ2n) is 3.96. The van der Waals surface area contributed by atoms with Crippen LogP contribution in [0.4, 0.5) is 4.39 Å². The maximum absolute atomic E-state index is 12.9. The zero-order chi connectivity index (χ0) is 11.7. The molecule has 86 valence electrons. The van der Waals surface area contributed by atoms with Gasteiger partial charge in [0.1, 0.15) is 11.6 Å². The van der Waals surface area contributed by atoms with Gasteiger partial charge in [0.2, 0.25) is 0 Å². The van der Waals surface area contributed by atoms with E-state index in [1.807, 2.05) is 0 Å². The molecule has 16 heavy (non-hydrogen) atoms. The maximum Gasteiger partial charge on any atom is 0.255 e. The third-order valence-corrected chi connectivity index (χ3v) is 2.65. The number of carbonyl (C=O) groups is 1. The van der Waals surface area contributed by atoms with Crippen molar-refractivity contribution in [1.82, 2.24) is 5.32 Å². The van der Waals surface area contributed by atoms with Gasteiger partial charge in [-0.3, -0.25) is 4.79 Å². The fourth-order valence-corrected chi connectivity index (χ4v) is 1.66. The number of rotatable bonds is 2. The molecule has 0 saturated heterocycles. The monoisotopic (exact) mass is 225 g/mol. The van der Waals surface area contributed by atoms with Crippen LogP contribution in [0.25, 0.3) is 0 Å². The number of phenols is 1. The predicted molar refractivity (Wildman–Crippen MR) is 54.6 cm³/mol. The van der Waals surface area contributed by atoms with Crippen molar-refractivity contribution in [2.75, 3.05) is 0 Å². The Hall–Kier alpha value is -1.62. The van der Waals surface area contributed by atoms with Crippen LogP contribution < -0.4 is 5.32 Å². The zero-order valence-corrected chi connectivity index (χ0v) is 8.48. The van der Waals surface area contributed by atoms with Gasteiger partial charge in [-0.15, -0.1) is 0 Å². The van der Waals surface area contributed by atoms with Gasteiger partial charge >= 0.3 is 0 Å². The van der Waals surface area contributed by atoms with Crippen molar-refractivity contribution >= 4 is 5.91 Å². The fraction of sp³-hybridized carbons (Fsp3) is 0.364. The number of hydrogen-bond donors (Lipinski definition) is 3. The van der Waals surface area contributed by atoms with Crippen molar-refractivity contribution < 1.29 is 19.4 Å². The smallest absolute Gasteiger partial charge is 0.255 e. The van der Waals surface area contributed by atoms with E-state index in [0.29, 0.717) is 12.8 Å². The Morgan fingerprint density at radius 2 is 2.12 bits per heavy atom. The number of benzene rings is 1. The van der Waals surface area contributed by atoms with Gasteiger partial charge in [-0.05, 0) is 31.0 Å². The molecule has 1 fully saturated rings. The van der Waals surface area contributed by atoms with E-state index in [2.05, 4.69) is 5.32 Å². The predicted octanol–water partition coefficient (Wildman–Crippen LogP) is 0.784. The second kappa shape index (κ2) is 4.09. The summed E-state index contributed by atoms with van der Waals surface area (Å²) in [6.45, 7) is 0. The largest absolute Gasteiger partial charge is 0.507 e. The first kappa shape index (κ1) is 10.9. The van der Waals surface area contributed by atoms with Gasteiger partial charge in [0, 0.05) is 6.04 Å². The molecule has 4 nitrogen and oxygen atoms in total. The summed E-state index contributed by atoms with van der Waals surface area (Å²) in [6, 6.07) is 3.11.